The second kappa shape index (κ2) is 8.36. The topological polar surface area (TPSA) is 70.2 Å². The SMILES string of the molecule is Cc1ccc(Br)cc1NC(=O)CCNC(=O)C1CNC1.Cl. The lowest BCUT2D eigenvalue weighted by atomic mass is 10.0. The van der Waals surface area contributed by atoms with Crippen LogP contribution in [0.5, 0.6) is 0 Å². The van der Waals surface area contributed by atoms with E-state index < -0.39 is 0 Å². The summed E-state index contributed by atoms with van der Waals surface area (Å²) >= 11 is 3.37. The van der Waals surface area contributed by atoms with Gasteiger partial charge in [-0.2, -0.15) is 0 Å². The van der Waals surface area contributed by atoms with Crippen molar-refractivity contribution in [2.45, 2.75) is 13.3 Å². The summed E-state index contributed by atoms with van der Waals surface area (Å²) in [5, 5.41) is 8.67. The summed E-state index contributed by atoms with van der Waals surface area (Å²) in [6.45, 7) is 3.77. The Morgan fingerprint density at radius 2 is 2.10 bits per heavy atom. The molecule has 0 atom stereocenters. The highest BCUT2D eigenvalue weighted by molar-refractivity contribution is 9.10. The Hall–Kier alpha value is -1.11. The summed E-state index contributed by atoms with van der Waals surface area (Å²) in [5.41, 5.74) is 1.80. The first-order chi connectivity index (χ1) is 9.56. The molecule has 1 heterocycles. The van der Waals surface area contributed by atoms with E-state index >= 15 is 0 Å². The number of rotatable bonds is 5. The molecule has 2 amide bonds. The standard InChI is InChI=1S/C14H18BrN3O2.ClH/c1-9-2-3-11(15)6-12(9)18-13(19)4-5-17-14(20)10-7-16-8-10;/h2-3,6,10,16H,4-5,7-8H2,1H3,(H,17,20)(H,18,19);1H. The molecule has 5 nitrogen and oxygen atoms in total. The molecule has 0 radical (unpaired) electrons. The summed E-state index contributed by atoms with van der Waals surface area (Å²) in [6.07, 6.45) is 0.276. The largest absolute Gasteiger partial charge is 0.355 e. The summed E-state index contributed by atoms with van der Waals surface area (Å²) in [7, 11) is 0. The molecule has 3 N–H and O–H groups in total. The summed E-state index contributed by atoms with van der Waals surface area (Å²) < 4.78 is 0.921. The number of hydrogen-bond donors (Lipinski definition) is 3. The van der Waals surface area contributed by atoms with E-state index in [0.717, 1.165) is 28.8 Å². The van der Waals surface area contributed by atoms with Gasteiger partial charge in [-0.3, -0.25) is 9.59 Å². The van der Waals surface area contributed by atoms with Gasteiger partial charge in [0.1, 0.15) is 0 Å². The van der Waals surface area contributed by atoms with Crippen molar-refractivity contribution in [3.8, 4) is 0 Å². The fraction of sp³-hybridized carbons (Fsp3) is 0.429. The fourth-order valence-corrected chi connectivity index (χ4v) is 2.22. The Morgan fingerprint density at radius 3 is 2.71 bits per heavy atom. The third kappa shape index (κ3) is 5.30. The maximum Gasteiger partial charge on any atom is 0.226 e. The molecule has 1 aliphatic rings. The van der Waals surface area contributed by atoms with Gasteiger partial charge in [-0.15, -0.1) is 12.4 Å². The molecule has 2 rings (SSSR count). The van der Waals surface area contributed by atoms with Gasteiger partial charge in [0.2, 0.25) is 11.8 Å². The van der Waals surface area contributed by atoms with Gasteiger partial charge in [0.15, 0.2) is 0 Å². The van der Waals surface area contributed by atoms with Crippen LogP contribution in [0.4, 0.5) is 5.69 Å². The highest BCUT2D eigenvalue weighted by atomic mass is 79.9. The predicted octanol–water partition coefficient (Wildman–Crippen LogP) is 1.84. The van der Waals surface area contributed by atoms with Crippen LogP contribution in [0.2, 0.25) is 0 Å². The van der Waals surface area contributed by atoms with Gasteiger partial charge in [-0.25, -0.2) is 0 Å². The number of carbonyl (C=O) groups excluding carboxylic acids is 2. The van der Waals surface area contributed by atoms with Crippen molar-refractivity contribution in [1.29, 1.82) is 0 Å². The molecule has 0 saturated carbocycles. The molecule has 21 heavy (non-hydrogen) atoms. The van der Waals surface area contributed by atoms with Crippen LogP contribution in [-0.4, -0.2) is 31.4 Å². The molecule has 0 aliphatic carbocycles. The highest BCUT2D eigenvalue weighted by Crippen LogP contribution is 2.20. The summed E-state index contributed by atoms with van der Waals surface area (Å²) in [6, 6.07) is 5.73. The highest BCUT2D eigenvalue weighted by Gasteiger charge is 2.24. The Balaban J connectivity index is 0.00000220. The normalized spacial score (nSPS) is 13.8. The van der Waals surface area contributed by atoms with Crippen LogP contribution in [-0.2, 0) is 9.59 Å². The number of halogens is 2. The number of hydrogen-bond acceptors (Lipinski definition) is 3. The molecule has 7 heteroatoms. The van der Waals surface area contributed by atoms with Crippen molar-refractivity contribution in [2.75, 3.05) is 25.0 Å². The lowest BCUT2D eigenvalue weighted by molar-refractivity contribution is -0.126. The van der Waals surface area contributed by atoms with Gasteiger partial charge in [0.05, 0.1) is 5.92 Å². The number of amides is 2. The number of aryl methyl sites for hydroxylation is 1. The third-order valence-corrected chi connectivity index (χ3v) is 3.77. The molecule has 0 aromatic heterocycles. The third-order valence-electron chi connectivity index (χ3n) is 3.28. The Labute approximate surface area is 138 Å². The van der Waals surface area contributed by atoms with E-state index in [9.17, 15) is 9.59 Å². The van der Waals surface area contributed by atoms with Crippen LogP contribution in [0.1, 0.15) is 12.0 Å². The predicted molar refractivity (Wildman–Crippen MR) is 88.7 cm³/mol. The second-order valence-electron chi connectivity index (χ2n) is 4.90. The lowest BCUT2D eigenvalue weighted by Gasteiger charge is -2.25. The second-order valence-corrected chi connectivity index (χ2v) is 5.82. The van der Waals surface area contributed by atoms with Crippen LogP contribution in [0.15, 0.2) is 22.7 Å². The van der Waals surface area contributed by atoms with E-state index in [1.807, 2.05) is 25.1 Å². The van der Waals surface area contributed by atoms with Gasteiger partial charge >= 0.3 is 0 Å². The van der Waals surface area contributed by atoms with Crippen LogP contribution in [0, 0.1) is 12.8 Å². The first kappa shape index (κ1) is 17.9. The van der Waals surface area contributed by atoms with E-state index in [2.05, 4.69) is 31.9 Å². The van der Waals surface area contributed by atoms with E-state index in [-0.39, 0.29) is 36.6 Å². The Bertz CT molecular complexity index is 521. The quantitative estimate of drug-likeness (QED) is 0.734. The van der Waals surface area contributed by atoms with Crippen LogP contribution in [0.3, 0.4) is 0 Å². The first-order valence-corrected chi connectivity index (χ1v) is 7.40. The van der Waals surface area contributed by atoms with Crippen molar-refractivity contribution in [3.05, 3.63) is 28.2 Å². The van der Waals surface area contributed by atoms with Gasteiger partial charge in [0.25, 0.3) is 0 Å². The molecule has 1 fully saturated rings. The van der Waals surface area contributed by atoms with Gasteiger partial charge in [0, 0.05) is 36.2 Å². The molecule has 116 valence electrons. The molecule has 1 saturated heterocycles. The molecule has 1 aliphatic heterocycles. The van der Waals surface area contributed by atoms with Crippen molar-refractivity contribution in [3.63, 3.8) is 0 Å². The van der Waals surface area contributed by atoms with Crippen LogP contribution >= 0.6 is 28.3 Å². The zero-order valence-electron chi connectivity index (χ0n) is 11.7. The minimum atomic E-state index is -0.0989. The Kier molecular flexibility index (Phi) is 7.14. The maximum absolute atomic E-state index is 11.8. The van der Waals surface area contributed by atoms with Crippen molar-refractivity contribution < 1.29 is 9.59 Å². The van der Waals surface area contributed by atoms with E-state index in [1.54, 1.807) is 0 Å². The zero-order chi connectivity index (χ0) is 14.5. The van der Waals surface area contributed by atoms with Crippen LogP contribution < -0.4 is 16.0 Å². The first-order valence-electron chi connectivity index (χ1n) is 6.60. The number of carbonyl (C=O) groups is 2. The molecular weight excluding hydrogens is 358 g/mol. The number of benzene rings is 1. The van der Waals surface area contributed by atoms with Gasteiger partial charge in [-0.1, -0.05) is 22.0 Å². The molecule has 1 aromatic rings. The molecular formula is C14H19BrClN3O2. The molecule has 0 unspecified atom stereocenters. The fourth-order valence-electron chi connectivity index (χ4n) is 1.86. The van der Waals surface area contributed by atoms with Crippen LogP contribution in [0.25, 0.3) is 0 Å². The molecule has 0 bridgehead atoms. The van der Waals surface area contributed by atoms with E-state index in [1.165, 1.54) is 0 Å². The summed E-state index contributed by atoms with van der Waals surface area (Å²) in [5.74, 6) is -0.0150. The summed E-state index contributed by atoms with van der Waals surface area (Å²) in [4.78, 5) is 23.4. The van der Waals surface area contributed by atoms with Crippen molar-refractivity contribution >= 4 is 45.8 Å². The zero-order valence-corrected chi connectivity index (χ0v) is 14.1. The van der Waals surface area contributed by atoms with E-state index in [4.69, 9.17) is 0 Å². The minimum Gasteiger partial charge on any atom is -0.355 e. The average molecular weight is 377 g/mol. The minimum absolute atomic E-state index is 0. The molecule has 0 spiro atoms. The lowest BCUT2D eigenvalue weighted by Crippen LogP contribution is -2.51. The van der Waals surface area contributed by atoms with Crippen molar-refractivity contribution in [1.82, 2.24) is 10.6 Å². The van der Waals surface area contributed by atoms with Crippen molar-refractivity contribution in [2.24, 2.45) is 5.92 Å². The monoisotopic (exact) mass is 375 g/mol. The Morgan fingerprint density at radius 1 is 1.38 bits per heavy atom. The maximum atomic E-state index is 11.8. The molecule has 1 aromatic carbocycles. The van der Waals surface area contributed by atoms with Gasteiger partial charge < -0.3 is 16.0 Å². The van der Waals surface area contributed by atoms with E-state index in [0.29, 0.717) is 6.54 Å². The average Bonchev–Trinajstić information content (AvgIpc) is 2.31. The number of anilines is 1. The smallest absolute Gasteiger partial charge is 0.226 e. The number of nitrogens with one attached hydrogen (secondary N) is 3. The van der Waals surface area contributed by atoms with Gasteiger partial charge in [-0.05, 0) is 24.6 Å².